The van der Waals surface area contributed by atoms with Gasteiger partial charge in [-0.05, 0) is 30.2 Å². The summed E-state index contributed by atoms with van der Waals surface area (Å²) >= 11 is 0. The van der Waals surface area contributed by atoms with Crippen molar-refractivity contribution in [3.63, 3.8) is 0 Å². The lowest BCUT2D eigenvalue weighted by atomic mass is 10.2. The zero-order chi connectivity index (χ0) is 19.0. The molecule has 0 aliphatic carbocycles. The Morgan fingerprint density at radius 3 is 2.46 bits per heavy atom. The quantitative estimate of drug-likeness (QED) is 0.681. The third-order valence-electron chi connectivity index (χ3n) is 3.52. The van der Waals surface area contributed by atoms with Crippen molar-refractivity contribution in [1.82, 2.24) is 4.72 Å². The van der Waals surface area contributed by atoms with Crippen LogP contribution in [0.3, 0.4) is 0 Å². The van der Waals surface area contributed by atoms with E-state index in [-0.39, 0.29) is 17.9 Å². The Hall–Kier alpha value is -2.71. The average molecular weight is 376 g/mol. The minimum absolute atomic E-state index is 0.109. The van der Waals surface area contributed by atoms with Crippen LogP contribution in [-0.4, -0.2) is 39.7 Å². The van der Waals surface area contributed by atoms with Gasteiger partial charge in [0.25, 0.3) is 0 Å². The number of hydrogen-bond acceptors (Lipinski definition) is 5. The van der Waals surface area contributed by atoms with Gasteiger partial charge in [-0.1, -0.05) is 36.4 Å². The first kappa shape index (κ1) is 19.6. The molecule has 0 bridgehead atoms. The largest absolute Gasteiger partial charge is 0.465 e. The molecule has 2 rings (SSSR count). The molecule has 0 unspecified atom stereocenters. The van der Waals surface area contributed by atoms with Gasteiger partial charge in [0.15, 0.2) is 0 Å². The molecule has 0 fully saturated rings. The smallest absolute Gasteiger partial charge is 0.337 e. The van der Waals surface area contributed by atoms with Crippen molar-refractivity contribution in [1.29, 1.82) is 0 Å². The first-order valence-electron chi connectivity index (χ1n) is 7.89. The maximum absolute atomic E-state index is 12.0. The Balaban J connectivity index is 1.85. The second-order valence-electron chi connectivity index (χ2n) is 5.50. The van der Waals surface area contributed by atoms with E-state index in [4.69, 9.17) is 0 Å². The van der Waals surface area contributed by atoms with Crippen molar-refractivity contribution < 1.29 is 22.7 Å². The molecule has 0 saturated heterocycles. The maximum atomic E-state index is 12.0. The van der Waals surface area contributed by atoms with E-state index in [0.29, 0.717) is 12.1 Å². The summed E-state index contributed by atoms with van der Waals surface area (Å²) in [6, 6.07) is 15.4. The van der Waals surface area contributed by atoms with Crippen molar-refractivity contribution in [2.75, 3.05) is 24.7 Å². The minimum atomic E-state index is -3.58. The van der Waals surface area contributed by atoms with Gasteiger partial charge in [-0.15, -0.1) is 0 Å². The van der Waals surface area contributed by atoms with E-state index in [1.807, 2.05) is 30.3 Å². The molecule has 7 nitrogen and oxygen atoms in total. The number of esters is 1. The van der Waals surface area contributed by atoms with Crippen LogP contribution < -0.4 is 10.0 Å². The number of rotatable bonds is 8. The Kier molecular flexibility index (Phi) is 6.88. The van der Waals surface area contributed by atoms with Gasteiger partial charge in [-0.2, -0.15) is 0 Å². The number of benzene rings is 2. The summed E-state index contributed by atoms with van der Waals surface area (Å²) in [6.45, 7) is -0.389. The Morgan fingerprint density at radius 1 is 1.04 bits per heavy atom. The standard InChI is InChI=1S/C18H20N2O5S/c1-25-18(22)15-8-5-9-16(12-15)20-17(21)13-19-26(23,24)11-10-14-6-3-2-4-7-14/h2-9,12,19H,10-11,13H2,1H3,(H,20,21). The van der Waals surface area contributed by atoms with E-state index in [2.05, 4.69) is 14.8 Å². The van der Waals surface area contributed by atoms with Gasteiger partial charge in [0.2, 0.25) is 15.9 Å². The third kappa shape index (κ3) is 6.30. The second-order valence-corrected chi connectivity index (χ2v) is 7.42. The van der Waals surface area contributed by atoms with Gasteiger partial charge in [0.05, 0.1) is 25.0 Å². The lowest BCUT2D eigenvalue weighted by Gasteiger charge is -2.09. The molecule has 0 aliphatic rings. The summed E-state index contributed by atoms with van der Waals surface area (Å²) in [6.07, 6.45) is 0.360. The third-order valence-corrected chi connectivity index (χ3v) is 4.85. The molecule has 26 heavy (non-hydrogen) atoms. The summed E-state index contributed by atoms with van der Waals surface area (Å²) in [4.78, 5) is 23.4. The van der Waals surface area contributed by atoms with Crippen LogP contribution in [-0.2, 0) is 26.0 Å². The number of methoxy groups -OCH3 is 1. The number of nitrogens with one attached hydrogen (secondary N) is 2. The molecule has 0 aromatic heterocycles. The number of anilines is 1. The molecule has 0 heterocycles. The molecule has 2 aromatic carbocycles. The molecular weight excluding hydrogens is 356 g/mol. The summed E-state index contributed by atoms with van der Waals surface area (Å²) in [7, 11) is -2.32. The monoisotopic (exact) mass is 376 g/mol. The molecule has 0 saturated carbocycles. The highest BCUT2D eigenvalue weighted by Crippen LogP contribution is 2.11. The highest BCUT2D eigenvalue weighted by molar-refractivity contribution is 7.89. The number of carbonyl (C=O) groups excluding carboxylic acids is 2. The van der Waals surface area contributed by atoms with Crippen molar-refractivity contribution in [3.8, 4) is 0 Å². The summed E-state index contributed by atoms with van der Waals surface area (Å²) in [5.74, 6) is -1.17. The molecule has 0 atom stereocenters. The summed E-state index contributed by atoms with van der Waals surface area (Å²) < 4.78 is 30.9. The number of ether oxygens (including phenoxy) is 1. The van der Waals surface area contributed by atoms with E-state index in [9.17, 15) is 18.0 Å². The van der Waals surface area contributed by atoms with Gasteiger partial charge < -0.3 is 10.1 Å². The van der Waals surface area contributed by atoms with E-state index < -0.39 is 21.9 Å². The topological polar surface area (TPSA) is 102 Å². The van der Waals surface area contributed by atoms with E-state index >= 15 is 0 Å². The zero-order valence-electron chi connectivity index (χ0n) is 14.3. The van der Waals surface area contributed by atoms with E-state index in [0.717, 1.165) is 5.56 Å². The van der Waals surface area contributed by atoms with Crippen LogP contribution in [0.15, 0.2) is 54.6 Å². The fourth-order valence-corrected chi connectivity index (χ4v) is 3.19. The maximum Gasteiger partial charge on any atom is 0.337 e. The lowest BCUT2D eigenvalue weighted by molar-refractivity contribution is -0.115. The van der Waals surface area contributed by atoms with Crippen LogP contribution in [0.5, 0.6) is 0 Å². The highest BCUT2D eigenvalue weighted by atomic mass is 32.2. The van der Waals surface area contributed by atoms with Crippen LogP contribution in [0.1, 0.15) is 15.9 Å². The van der Waals surface area contributed by atoms with Crippen molar-refractivity contribution >= 4 is 27.6 Å². The Morgan fingerprint density at radius 2 is 1.77 bits per heavy atom. The molecule has 1 amide bonds. The van der Waals surface area contributed by atoms with Gasteiger partial charge >= 0.3 is 5.97 Å². The SMILES string of the molecule is COC(=O)c1cccc(NC(=O)CNS(=O)(=O)CCc2ccccc2)c1. The number of sulfonamides is 1. The fraction of sp³-hybridized carbons (Fsp3) is 0.222. The van der Waals surface area contributed by atoms with Crippen LogP contribution in [0.4, 0.5) is 5.69 Å². The van der Waals surface area contributed by atoms with Crippen molar-refractivity contribution in [2.45, 2.75) is 6.42 Å². The number of amides is 1. The molecular formula is C18H20N2O5S. The van der Waals surface area contributed by atoms with Gasteiger partial charge in [-0.25, -0.2) is 17.9 Å². The predicted molar refractivity (Wildman–Crippen MR) is 98.3 cm³/mol. The number of aryl methyl sites for hydroxylation is 1. The Labute approximate surface area is 152 Å². The first-order valence-corrected chi connectivity index (χ1v) is 9.54. The molecule has 138 valence electrons. The van der Waals surface area contributed by atoms with Crippen molar-refractivity contribution in [2.24, 2.45) is 0 Å². The number of carbonyl (C=O) groups is 2. The van der Waals surface area contributed by atoms with Gasteiger partial charge in [0.1, 0.15) is 0 Å². The molecule has 2 N–H and O–H groups in total. The normalized spacial score (nSPS) is 11.0. The summed E-state index contributed by atoms with van der Waals surface area (Å²) in [5.41, 5.74) is 1.57. The van der Waals surface area contributed by atoms with Gasteiger partial charge in [0, 0.05) is 5.69 Å². The molecule has 0 aliphatic heterocycles. The van der Waals surface area contributed by atoms with Gasteiger partial charge in [-0.3, -0.25) is 4.79 Å². The van der Waals surface area contributed by atoms with E-state index in [1.165, 1.54) is 13.2 Å². The molecule has 0 radical (unpaired) electrons. The zero-order valence-corrected chi connectivity index (χ0v) is 15.1. The van der Waals surface area contributed by atoms with Crippen LogP contribution in [0.25, 0.3) is 0 Å². The molecule has 8 heteroatoms. The second kappa shape index (κ2) is 9.12. The average Bonchev–Trinajstić information content (AvgIpc) is 2.65. The van der Waals surface area contributed by atoms with Crippen LogP contribution in [0, 0.1) is 0 Å². The van der Waals surface area contributed by atoms with E-state index in [1.54, 1.807) is 18.2 Å². The molecule has 2 aromatic rings. The Bertz CT molecular complexity index is 866. The van der Waals surface area contributed by atoms with Crippen LogP contribution in [0.2, 0.25) is 0 Å². The first-order chi connectivity index (χ1) is 12.4. The lowest BCUT2D eigenvalue weighted by Crippen LogP contribution is -2.34. The fourth-order valence-electron chi connectivity index (χ4n) is 2.19. The highest BCUT2D eigenvalue weighted by Gasteiger charge is 2.13. The number of hydrogen-bond donors (Lipinski definition) is 2. The summed E-state index contributed by atoms with van der Waals surface area (Å²) in [5, 5.41) is 2.53. The van der Waals surface area contributed by atoms with Crippen molar-refractivity contribution in [3.05, 3.63) is 65.7 Å². The molecule has 0 spiro atoms. The van der Waals surface area contributed by atoms with Crippen LogP contribution >= 0.6 is 0 Å². The minimum Gasteiger partial charge on any atom is -0.465 e. The predicted octanol–water partition coefficient (Wildman–Crippen LogP) is 1.57.